The molecule has 7 heteroatoms. The van der Waals surface area contributed by atoms with E-state index in [0.29, 0.717) is 5.82 Å². The van der Waals surface area contributed by atoms with E-state index < -0.39 is 4.92 Å². The van der Waals surface area contributed by atoms with Crippen molar-refractivity contribution in [3.8, 4) is 0 Å². The normalized spacial score (nSPS) is 12.1. The molecule has 0 amide bonds. The molecule has 0 aromatic carbocycles. The zero-order valence-corrected chi connectivity index (χ0v) is 10.6. The van der Waals surface area contributed by atoms with Gasteiger partial charge in [-0.1, -0.05) is 6.92 Å². The van der Waals surface area contributed by atoms with E-state index in [4.69, 9.17) is 0 Å². The van der Waals surface area contributed by atoms with Crippen LogP contribution >= 0.6 is 11.3 Å². The third kappa shape index (κ3) is 2.80. The molecule has 0 aliphatic heterocycles. The maximum absolute atomic E-state index is 10.7. The minimum absolute atomic E-state index is 0.0273. The van der Waals surface area contributed by atoms with Crippen LogP contribution in [0.15, 0.2) is 29.9 Å². The van der Waals surface area contributed by atoms with Gasteiger partial charge in [-0.3, -0.25) is 10.1 Å². The lowest BCUT2D eigenvalue weighted by Crippen LogP contribution is -2.10. The highest BCUT2D eigenvalue weighted by molar-refractivity contribution is 7.09. The number of rotatable bonds is 5. The van der Waals surface area contributed by atoms with Crippen LogP contribution in [-0.4, -0.2) is 14.9 Å². The molecule has 94 valence electrons. The third-order valence-corrected chi connectivity index (χ3v) is 3.32. The smallest absolute Gasteiger partial charge is 0.274 e. The Balaban J connectivity index is 2.17. The van der Waals surface area contributed by atoms with E-state index >= 15 is 0 Å². The second kappa shape index (κ2) is 5.54. The van der Waals surface area contributed by atoms with Gasteiger partial charge in [-0.2, -0.15) is 0 Å². The highest BCUT2D eigenvalue weighted by Gasteiger charge is 2.14. The molecule has 0 radical (unpaired) electrons. The Hall–Kier alpha value is -2.02. The molecule has 0 fully saturated rings. The number of aromatic nitrogens is 2. The number of hydrogen-bond donors (Lipinski definition) is 1. The van der Waals surface area contributed by atoms with E-state index in [-0.39, 0.29) is 11.7 Å². The number of thiazole rings is 1. The molecule has 0 aliphatic carbocycles. The van der Waals surface area contributed by atoms with E-state index in [1.54, 1.807) is 17.5 Å². The molecule has 0 saturated carbocycles. The monoisotopic (exact) mass is 264 g/mol. The Morgan fingerprint density at radius 2 is 2.33 bits per heavy atom. The maximum Gasteiger partial charge on any atom is 0.274 e. The van der Waals surface area contributed by atoms with Crippen LogP contribution in [0.5, 0.6) is 0 Å². The molecule has 0 aliphatic rings. The summed E-state index contributed by atoms with van der Waals surface area (Å²) in [6.07, 6.45) is 4.00. The molecule has 2 heterocycles. The summed E-state index contributed by atoms with van der Waals surface area (Å²) in [5.41, 5.74) is 0.0292. The number of nitro groups is 1. The van der Waals surface area contributed by atoms with Crippen molar-refractivity contribution < 1.29 is 4.92 Å². The van der Waals surface area contributed by atoms with Gasteiger partial charge in [-0.25, -0.2) is 9.97 Å². The first-order valence-corrected chi connectivity index (χ1v) is 6.35. The highest BCUT2D eigenvalue weighted by atomic mass is 32.1. The molecule has 2 aromatic heterocycles. The summed E-state index contributed by atoms with van der Waals surface area (Å²) in [6, 6.07) is 2.82. The minimum Gasteiger partial charge on any atom is -0.361 e. The van der Waals surface area contributed by atoms with Crippen LogP contribution in [0.2, 0.25) is 0 Å². The Morgan fingerprint density at radius 1 is 1.50 bits per heavy atom. The zero-order valence-electron chi connectivity index (χ0n) is 9.74. The predicted molar refractivity (Wildman–Crippen MR) is 69.7 cm³/mol. The van der Waals surface area contributed by atoms with Crippen molar-refractivity contribution in [2.24, 2.45) is 0 Å². The molecule has 2 aromatic rings. The fraction of sp³-hybridized carbons (Fsp3) is 0.273. The van der Waals surface area contributed by atoms with Gasteiger partial charge in [-0.05, 0) is 6.42 Å². The van der Waals surface area contributed by atoms with Crippen molar-refractivity contribution in [2.45, 2.75) is 19.4 Å². The average Bonchev–Trinajstić information content (AvgIpc) is 2.90. The van der Waals surface area contributed by atoms with Gasteiger partial charge in [0.05, 0.1) is 17.0 Å². The van der Waals surface area contributed by atoms with E-state index in [1.807, 2.05) is 12.3 Å². The zero-order chi connectivity index (χ0) is 13.0. The van der Waals surface area contributed by atoms with Crippen molar-refractivity contribution >= 4 is 22.8 Å². The van der Waals surface area contributed by atoms with Crippen LogP contribution in [0.4, 0.5) is 11.5 Å². The summed E-state index contributed by atoms with van der Waals surface area (Å²) in [6.45, 7) is 2.02. The van der Waals surface area contributed by atoms with Crippen LogP contribution < -0.4 is 5.32 Å². The first-order valence-electron chi connectivity index (χ1n) is 5.47. The molecule has 1 N–H and O–H groups in total. The van der Waals surface area contributed by atoms with Crippen LogP contribution in [-0.2, 0) is 0 Å². The Morgan fingerprint density at radius 3 is 2.94 bits per heavy atom. The van der Waals surface area contributed by atoms with Crippen molar-refractivity contribution in [1.82, 2.24) is 9.97 Å². The Kier molecular flexibility index (Phi) is 3.83. The number of nitrogens with zero attached hydrogens (tertiary/aromatic N) is 3. The van der Waals surface area contributed by atoms with Gasteiger partial charge in [0.25, 0.3) is 5.69 Å². The van der Waals surface area contributed by atoms with Crippen LogP contribution in [0.1, 0.15) is 24.4 Å². The van der Waals surface area contributed by atoms with Gasteiger partial charge in [-0.15, -0.1) is 11.3 Å². The Bertz CT molecular complexity index is 530. The lowest BCUT2D eigenvalue weighted by molar-refractivity contribution is -0.384. The molecular weight excluding hydrogens is 252 g/mol. The lowest BCUT2D eigenvalue weighted by atomic mass is 10.2. The summed E-state index contributed by atoms with van der Waals surface area (Å²) >= 11 is 1.55. The molecular formula is C11H12N4O2S. The summed E-state index contributed by atoms with van der Waals surface area (Å²) in [7, 11) is 0. The molecule has 6 nitrogen and oxygen atoms in total. The van der Waals surface area contributed by atoms with Gasteiger partial charge in [0.15, 0.2) is 0 Å². The van der Waals surface area contributed by atoms with Crippen molar-refractivity contribution in [3.05, 3.63) is 45.0 Å². The molecule has 1 atom stereocenters. The average molecular weight is 264 g/mol. The van der Waals surface area contributed by atoms with Crippen LogP contribution in [0, 0.1) is 10.1 Å². The SMILES string of the molecule is CCC(Nc1cc([N+](=O)[O-])ccn1)c1nccs1. The lowest BCUT2D eigenvalue weighted by Gasteiger charge is -2.14. The topological polar surface area (TPSA) is 81.0 Å². The second-order valence-corrected chi connectivity index (χ2v) is 4.56. The standard InChI is InChI=1S/C11H12N4O2S/c1-2-9(11-13-5-6-18-11)14-10-7-8(15(16)17)3-4-12-10/h3-7,9H,2H2,1H3,(H,12,14). The van der Waals surface area contributed by atoms with Crippen LogP contribution in [0.3, 0.4) is 0 Å². The predicted octanol–water partition coefficient (Wildman–Crippen LogP) is 3.01. The number of pyridine rings is 1. The maximum atomic E-state index is 10.7. The molecule has 2 rings (SSSR count). The van der Waals surface area contributed by atoms with Crippen molar-refractivity contribution in [1.29, 1.82) is 0 Å². The summed E-state index contributed by atoms with van der Waals surface area (Å²) in [5, 5.41) is 16.7. The highest BCUT2D eigenvalue weighted by Crippen LogP contribution is 2.24. The third-order valence-electron chi connectivity index (χ3n) is 2.43. The van der Waals surface area contributed by atoms with E-state index in [0.717, 1.165) is 11.4 Å². The molecule has 0 spiro atoms. The number of anilines is 1. The van der Waals surface area contributed by atoms with E-state index in [2.05, 4.69) is 15.3 Å². The van der Waals surface area contributed by atoms with E-state index in [1.165, 1.54) is 18.3 Å². The van der Waals surface area contributed by atoms with Crippen molar-refractivity contribution in [2.75, 3.05) is 5.32 Å². The second-order valence-electron chi connectivity index (χ2n) is 3.63. The number of nitrogens with one attached hydrogen (secondary N) is 1. The van der Waals surface area contributed by atoms with E-state index in [9.17, 15) is 10.1 Å². The fourth-order valence-electron chi connectivity index (χ4n) is 1.54. The first kappa shape index (κ1) is 12.4. The molecule has 18 heavy (non-hydrogen) atoms. The Labute approximate surface area is 108 Å². The largest absolute Gasteiger partial charge is 0.361 e. The quantitative estimate of drug-likeness (QED) is 0.663. The van der Waals surface area contributed by atoms with Gasteiger partial charge in [0, 0.05) is 23.8 Å². The number of hydrogen-bond acceptors (Lipinski definition) is 6. The molecule has 0 bridgehead atoms. The minimum atomic E-state index is -0.433. The van der Waals surface area contributed by atoms with Crippen LogP contribution in [0.25, 0.3) is 0 Å². The van der Waals surface area contributed by atoms with Gasteiger partial charge < -0.3 is 5.32 Å². The van der Waals surface area contributed by atoms with Gasteiger partial charge in [0.1, 0.15) is 10.8 Å². The summed E-state index contributed by atoms with van der Waals surface area (Å²) < 4.78 is 0. The summed E-state index contributed by atoms with van der Waals surface area (Å²) in [5.74, 6) is 0.492. The molecule has 0 saturated heterocycles. The van der Waals surface area contributed by atoms with Gasteiger partial charge in [0.2, 0.25) is 0 Å². The molecule has 1 unspecified atom stereocenters. The summed E-state index contributed by atoms with van der Waals surface area (Å²) in [4.78, 5) is 18.6. The first-order chi connectivity index (χ1) is 8.70. The van der Waals surface area contributed by atoms with Crippen molar-refractivity contribution in [3.63, 3.8) is 0 Å². The van der Waals surface area contributed by atoms with Gasteiger partial charge >= 0.3 is 0 Å². The fourth-order valence-corrected chi connectivity index (χ4v) is 2.31.